The van der Waals surface area contributed by atoms with Crippen molar-refractivity contribution in [1.82, 2.24) is 37.2 Å². The van der Waals surface area contributed by atoms with E-state index in [-0.39, 0.29) is 76.1 Å². The van der Waals surface area contributed by atoms with Gasteiger partial charge in [-0.3, -0.25) is 38.4 Å². The minimum Gasteiger partial charge on any atom is -0.394 e. The Labute approximate surface area is 498 Å². The quantitative estimate of drug-likeness (QED) is 0.0219. The van der Waals surface area contributed by atoms with Crippen LogP contribution in [0.4, 0.5) is 0 Å². The van der Waals surface area contributed by atoms with Crippen molar-refractivity contribution >= 4 is 47.1 Å². The van der Waals surface area contributed by atoms with E-state index in [9.17, 15) is 79.2 Å². The molecule has 0 aliphatic carbocycles. The van der Waals surface area contributed by atoms with E-state index in [4.69, 9.17) is 28.4 Å². The van der Waals surface area contributed by atoms with Gasteiger partial charge in [-0.15, -0.1) is 0 Å². The largest absolute Gasteiger partial charge is 0.394 e. The van der Waals surface area contributed by atoms with Crippen molar-refractivity contribution in [1.29, 1.82) is 0 Å². The number of amides is 7. The molecular formula is C56H101N7O22. The zero-order chi connectivity index (χ0) is 63.4. The fourth-order valence-electron chi connectivity index (χ4n) is 9.42. The number of nitrogens with one attached hydrogen (secondary N) is 7. The second-order valence-corrected chi connectivity index (χ2v) is 21.8. The Bertz CT molecular complexity index is 1980. The van der Waals surface area contributed by atoms with Crippen molar-refractivity contribution in [2.75, 3.05) is 52.7 Å². The molecule has 0 spiro atoms. The number of hydrogen-bond acceptors (Lipinski definition) is 22. The average Bonchev–Trinajstić information content (AvgIpc) is 2.82. The zero-order valence-electron chi connectivity index (χ0n) is 50.4. The minimum atomic E-state index is -1.43. The number of carbonyl (C=O) groups excluding carboxylic acids is 8. The van der Waals surface area contributed by atoms with Gasteiger partial charge in [0.05, 0.1) is 38.1 Å². The highest BCUT2D eigenvalue weighted by Gasteiger charge is 2.46. The summed E-state index contributed by atoms with van der Waals surface area (Å²) < 4.78 is 34.2. The van der Waals surface area contributed by atoms with Crippen LogP contribution in [-0.2, 0) is 66.8 Å². The maximum Gasteiger partial charge on any atom is 0.243 e. The van der Waals surface area contributed by atoms with E-state index >= 15 is 0 Å². The lowest BCUT2D eigenvalue weighted by Gasteiger charge is -2.42. The van der Waals surface area contributed by atoms with Crippen LogP contribution in [0.2, 0.25) is 0 Å². The average molecular weight is 1220 g/mol. The van der Waals surface area contributed by atoms with Gasteiger partial charge in [0.1, 0.15) is 60.8 Å². The van der Waals surface area contributed by atoms with Gasteiger partial charge >= 0.3 is 0 Å². The molecule has 0 saturated carbocycles. The predicted octanol–water partition coefficient (Wildman–Crippen LogP) is -2.65. The molecule has 2 saturated heterocycles. The Morgan fingerprint density at radius 2 is 1.02 bits per heavy atom. The molecule has 29 nitrogen and oxygen atoms in total. The zero-order valence-corrected chi connectivity index (χ0v) is 50.4. The number of Topliss-reactive ketones (excluding diaryl/α,β-unsaturated/α-hetero) is 1. The monoisotopic (exact) mass is 1220 g/mol. The van der Waals surface area contributed by atoms with Crippen molar-refractivity contribution in [3.8, 4) is 0 Å². The van der Waals surface area contributed by atoms with Crippen LogP contribution in [0.25, 0.3) is 0 Å². The van der Waals surface area contributed by atoms with Gasteiger partial charge in [0, 0.05) is 72.9 Å². The van der Waals surface area contributed by atoms with Gasteiger partial charge in [-0.25, -0.2) is 0 Å². The summed E-state index contributed by atoms with van der Waals surface area (Å²) in [5, 5.41) is 99.2. The molecule has 29 heteroatoms. The molecule has 16 atom stereocenters. The first-order valence-corrected chi connectivity index (χ1v) is 29.9. The normalized spacial score (nSPS) is 24.4. The minimum absolute atomic E-state index is 0.0580. The van der Waals surface area contributed by atoms with E-state index in [1.54, 1.807) is 6.92 Å². The first kappa shape index (κ1) is 76.5. The van der Waals surface area contributed by atoms with Crippen molar-refractivity contribution in [3.05, 3.63) is 0 Å². The van der Waals surface area contributed by atoms with Crippen molar-refractivity contribution < 1.29 is 108 Å². The van der Waals surface area contributed by atoms with Crippen LogP contribution in [0.1, 0.15) is 157 Å². The van der Waals surface area contributed by atoms with Crippen LogP contribution in [0.15, 0.2) is 0 Å². The molecule has 14 unspecified atom stereocenters. The molecule has 0 bridgehead atoms. The summed E-state index contributed by atoms with van der Waals surface area (Å²) in [6.07, 6.45) is -5.14. The van der Waals surface area contributed by atoms with Gasteiger partial charge in [-0.2, -0.15) is 0 Å². The highest BCUT2D eigenvalue weighted by atomic mass is 16.7. The molecule has 0 aromatic heterocycles. The van der Waals surface area contributed by atoms with Crippen molar-refractivity contribution in [2.24, 2.45) is 0 Å². The van der Waals surface area contributed by atoms with Gasteiger partial charge < -0.3 is 106 Å². The number of unbranched alkanes of at least 4 members (excludes halogenated alkanes) is 8. The Morgan fingerprint density at radius 3 is 1.49 bits per heavy atom. The second-order valence-electron chi connectivity index (χ2n) is 21.8. The molecule has 7 amide bonds. The summed E-state index contributed by atoms with van der Waals surface area (Å²) in [5.41, 5.74) is 0. The van der Waals surface area contributed by atoms with E-state index in [0.29, 0.717) is 90.0 Å². The lowest BCUT2D eigenvalue weighted by atomic mass is 9.97. The molecule has 2 fully saturated rings. The summed E-state index contributed by atoms with van der Waals surface area (Å²) in [5.74, 6) is -2.99. The number of ketones is 1. The molecule has 2 heterocycles. The molecule has 0 aromatic rings. The summed E-state index contributed by atoms with van der Waals surface area (Å²) in [4.78, 5) is 100. The lowest BCUT2D eigenvalue weighted by molar-refractivity contribution is -0.270. The Morgan fingerprint density at radius 1 is 0.529 bits per heavy atom. The van der Waals surface area contributed by atoms with Crippen LogP contribution in [0.5, 0.6) is 0 Å². The first-order chi connectivity index (χ1) is 40.4. The smallest absolute Gasteiger partial charge is 0.243 e. The number of ether oxygens (including phenoxy) is 6. The van der Waals surface area contributed by atoms with Gasteiger partial charge in [-0.05, 0) is 97.8 Å². The maximum atomic E-state index is 13.8. The first-order valence-electron chi connectivity index (χ1n) is 29.9. The summed E-state index contributed by atoms with van der Waals surface area (Å²) in [6, 6.07) is -4.89. The Hall–Kier alpha value is -4.60. The van der Waals surface area contributed by atoms with Crippen LogP contribution in [0, 0.1) is 0 Å². The molecule has 85 heavy (non-hydrogen) atoms. The molecule has 492 valence electrons. The summed E-state index contributed by atoms with van der Waals surface area (Å²) >= 11 is 0. The number of aliphatic hydroxyl groups excluding tert-OH is 8. The van der Waals surface area contributed by atoms with E-state index < -0.39 is 147 Å². The van der Waals surface area contributed by atoms with Gasteiger partial charge in [0.15, 0.2) is 24.7 Å². The highest BCUT2D eigenvalue weighted by Crippen LogP contribution is 2.24. The molecule has 0 aromatic carbocycles. The fraction of sp³-hybridized carbons (Fsp3) is 0.857. The van der Waals surface area contributed by atoms with Crippen LogP contribution >= 0.6 is 0 Å². The van der Waals surface area contributed by atoms with E-state index in [1.807, 2.05) is 0 Å². The number of carbonyl (C=O) groups is 8. The highest BCUT2D eigenvalue weighted by molar-refractivity contribution is 5.92. The summed E-state index contributed by atoms with van der Waals surface area (Å²) in [6.45, 7) is 7.56. The van der Waals surface area contributed by atoms with E-state index in [2.05, 4.69) is 37.2 Å². The van der Waals surface area contributed by atoms with Crippen molar-refractivity contribution in [2.45, 2.75) is 255 Å². The Kier molecular flexibility index (Phi) is 38.8. The van der Waals surface area contributed by atoms with Crippen LogP contribution in [-0.4, -0.2) is 239 Å². The topological polar surface area (TPSA) is 438 Å². The Balaban J connectivity index is 1.88. The van der Waals surface area contributed by atoms with Gasteiger partial charge in [-0.1, -0.05) is 19.3 Å². The second kappa shape index (κ2) is 43.1. The molecular weight excluding hydrogens is 1120 g/mol. The van der Waals surface area contributed by atoms with Gasteiger partial charge in [0.25, 0.3) is 0 Å². The molecule has 15 N–H and O–H groups in total. The van der Waals surface area contributed by atoms with E-state index in [0.717, 1.165) is 0 Å². The lowest BCUT2D eigenvalue weighted by Crippen LogP contribution is -2.64. The number of hydrogen-bond donors (Lipinski definition) is 15. The maximum absolute atomic E-state index is 13.8. The van der Waals surface area contributed by atoms with Crippen LogP contribution < -0.4 is 37.2 Å². The number of rotatable bonds is 45. The predicted molar refractivity (Wildman–Crippen MR) is 303 cm³/mol. The fourth-order valence-corrected chi connectivity index (χ4v) is 9.42. The molecule has 2 rings (SSSR count). The van der Waals surface area contributed by atoms with Crippen molar-refractivity contribution in [3.63, 3.8) is 0 Å². The standard InChI is InChI=1S/C56H101N7O22/c1-33(67)39(20-13-15-25-57-44(72)23-11-8-18-29-82-56-48(61-38(6)71)52(78)50(76)43(32-66)85-56)63-53(79)40(62-46(74)24-12-9-19-28-81-55-47(60-37(5)70)51(77)49(75)35(3)83-55)21-14-16-26-58-45(73)22-10-7-17-27-80-54(41(30-64)59-36(4)69)84-42(31-65)34(2)68/h34-35,39-43,47-52,54-56,64-66,68,75-78H,7-32H2,1-6H3,(H,57,72)(H,58,73)(H,59,69)(H,60,70)(H,61,71)(H,62,74)(H,63,79)/t34-,35?,39?,40?,41+,42?,43?,47?,48?,49?,50?,51?,52?,54?,55?,56?/m1/s1. The third-order valence-corrected chi connectivity index (χ3v) is 14.3. The molecule has 0 radical (unpaired) electrons. The number of aliphatic hydroxyl groups is 8. The molecule has 2 aliphatic rings. The summed E-state index contributed by atoms with van der Waals surface area (Å²) in [7, 11) is 0. The van der Waals surface area contributed by atoms with E-state index in [1.165, 1.54) is 34.6 Å². The third kappa shape index (κ3) is 30.7. The molecule has 2 aliphatic heterocycles. The van der Waals surface area contributed by atoms with Crippen LogP contribution in [0.3, 0.4) is 0 Å². The van der Waals surface area contributed by atoms with Gasteiger partial charge in [0.2, 0.25) is 41.4 Å². The third-order valence-electron chi connectivity index (χ3n) is 14.3. The SMILES string of the molecule is CC(=O)NC1C(OCCCCCC(=O)NC(CCCCNC(=O)CCCCCOC(OC(CO)[C@@H](C)O)[C@H](CO)NC(C)=O)C(=O)NC(CCCCNC(=O)CCCCCOC2OC(CO)C(O)C(O)C2NC(C)=O)C(C)=O)OC(C)C(O)C1O.